The van der Waals surface area contributed by atoms with Gasteiger partial charge in [0, 0.05) is 0 Å². The molecule has 0 rings (SSSR count). The first-order chi connectivity index (χ1) is 4.68. The van der Waals surface area contributed by atoms with E-state index in [4.69, 9.17) is 5.11 Å². The highest BCUT2D eigenvalue weighted by atomic mass is 32.1. The zero-order chi connectivity index (χ0) is 7.98. The van der Waals surface area contributed by atoms with Crippen molar-refractivity contribution in [2.75, 3.05) is 5.75 Å². The van der Waals surface area contributed by atoms with Crippen LogP contribution in [0.1, 0.15) is 19.3 Å². The largest absolute Gasteiger partial charge is 0.480 e. The molecule has 0 saturated heterocycles. The molecule has 60 valence electrons. The third-order valence-electron chi connectivity index (χ3n) is 1.17. The van der Waals surface area contributed by atoms with E-state index in [9.17, 15) is 4.79 Å². The summed E-state index contributed by atoms with van der Waals surface area (Å²) in [4.78, 5) is 10.2. The molecule has 1 unspecified atom stereocenters. The SMILES string of the molecule is O=C(O)C(S)CCCCS. The van der Waals surface area contributed by atoms with Crippen molar-refractivity contribution in [1.82, 2.24) is 0 Å². The summed E-state index contributed by atoms with van der Waals surface area (Å²) in [6.07, 6.45) is 2.50. The van der Waals surface area contributed by atoms with Crippen molar-refractivity contribution in [3.05, 3.63) is 0 Å². The molecule has 1 N–H and O–H groups in total. The zero-order valence-corrected chi connectivity index (χ0v) is 7.44. The molecule has 0 amide bonds. The molecule has 0 fully saturated rings. The van der Waals surface area contributed by atoms with E-state index in [2.05, 4.69) is 25.3 Å². The number of unbranched alkanes of at least 4 members (excludes halogenated alkanes) is 1. The van der Waals surface area contributed by atoms with Gasteiger partial charge in [0.1, 0.15) is 0 Å². The second-order valence-corrected chi connectivity index (χ2v) is 3.14. The number of thiol groups is 2. The molecule has 0 bridgehead atoms. The Morgan fingerprint density at radius 3 is 2.50 bits per heavy atom. The van der Waals surface area contributed by atoms with Gasteiger partial charge in [-0.2, -0.15) is 25.3 Å². The van der Waals surface area contributed by atoms with Crippen molar-refractivity contribution in [2.24, 2.45) is 0 Å². The summed E-state index contributed by atoms with van der Waals surface area (Å²) in [7, 11) is 0. The molecule has 0 aliphatic rings. The highest BCUT2D eigenvalue weighted by Crippen LogP contribution is 2.07. The van der Waals surface area contributed by atoms with E-state index in [0.29, 0.717) is 6.42 Å². The second kappa shape index (κ2) is 5.92. The van der Waals surface area contributed by atoms with Gasteiger partial charge < -0.3 is 5.11 Å². The third-order valence-corrected chi connectivity index (χ3v) is 1.97. The first kappa shape index (κ1) is 10.2. The van der Waals surface area contributed by atoms with Gasteiger partial charge >= 0.3 is 5.97 Å². The molecule has 0 aromatic rings. The van der Waals surface area contributed by atoms with Crippen LogP contribution in [-0.4, -0.2) is 22.1 Å². The van der Waals surface area contributed by atoms with E-state index < -0.39 is 11.2 Å². The highest BCUT2D eigenvalue weighted by Gasteiger charge is 2.09. The lowest BCUT2D eigenvalue weighted by Gasteiger charge is -2.02. The van der Waals surface area contributed by atoms with Crippen molar-refractivity contribution < 1.29 is 9.90 Å². The second-order valence-electron chi connectivity index (χ2n) is 2.07. The van der Waals surface area contributed by atoms with Crippen LogP contribution in [0.3, 0.4) is 0 Å². The lowest BCUT2D eigenvalue weighted by atomic mass is 10.2. The van der Waals surface area contributed by atoms with E-state index in [0.717, 1.165) is 18.6 Å². The quantitative estimate of drug-likeness (QED) is 0.443. The van der Waals surface area contributed by atoms with Crippen molar-refractivity contribution in [1.29, 1.82) is 0 Å². The van der Waals surface area contributed by atoms with Crippen molar-refractivity contribution in [3.63, 3.8) is 0 Å². The van der Waals surface area contributed by atoms with Crippen molar-refractivity contribution in [3.8, 4) is 0 Å². The molecule has 2 nitrogen and oxygen atoms in total. The first-order valence-corrected chi connectivity index (χ1v) is 4.35. The molecular weight excluding hydrogens is 168 g/mol. The van der Waals surface area contributed by atoms with Crippen LogP contribution in [0.4, 0.5) is 0 Å². The molecule has 0 saturated carbocycles. The maximum Gasteiger partial charge on any atom is 0.316 e. The Labute approximate surface area is 71.8 Å². The van der Waals surface area contributed by atoms with Crippen LogP contribution >= 0.6 is 25.3 Å². The minimum Gasteiger partial charge on any atom is -0.480 e. The van der Waals surface area contributed by atoms with Gasteiger partial charge in [-0.3, -0.25) is 4.79 Å². The average Bonchev–Trinajstić information content (AvgIpc) is 1.88. The lowest BCUT2D eigenvalue weighted by Crippen LogP contribution is -2.12. The smallest absolute Gasteiger partial charge is 0.316 e. The van der Waals surface area contributed by atoms with Crippen LogP contribution in [0, 0.1) is 0 Å². The number of hydrogen-bond acceptors (Lipinski definition) is 3. The van der Waals surface area contributed by atoms with Gasteiger partial charge in [-0.1, -0.05) is 6.42 Å². The Morgan fingerprint density at radius 1 is 1.50 bits per heavy atom. The standard InChI is InChI=1S/C6H12O2S2/c7-6(8)5(10)3-1-2-4-9/h5,9-10H,1-4H2,(H,7,8). The maximum absolute atomic E-state index is 10.2. The molecule has 0 aromatic carbocycles. The van der Waals surface area contributed by atoms with E-state index >= 15 is 0 Å². The van der Waals surface area contributed by atoms with Gasteiger partial charge in [0.05, 0.1) is 5.25 Å². The molecule has 0 aliphatic carbocycles. The average molecular weight is 180 g/mol. The fourth-order valence-electron chi connectivity index (χ4n) is 0.573. The number of carboxylic acid groups (broad SMARTS) is 1. The monoisotopic (exact) mass is 180 g/mol. The summed E-state index contributed by atoms with van der Waals surface area (Å²) >= 11 is 7.88. The minimum absolute atomic E-state index is 0.500. The number of carbonyl (C=O) groups is 1. The summed E-state index contributed by atoms with van der Waals surface area (Å²) in [6, 6.07) is 0. The number of carboxylic acids is 1. The minimum atomic E-state index is -0.831. The molecule has 0 spiro atoms. The van der Waals surface area contributed by atoms with Crippen molar-refractivity contribution in [2.45, 2.75) is 24.5 Å². The Balaban J connectivity index is 3.21. The summed E-state index contributed by atoms with van der Waals surface area (Å²) in [5.74, 6) is -0.0115. The van der Waals surface area contributed by atoms with Gasteiger partial charge in [0.2, 0.25) is 0 Å². The Kier molecular flexibility index (Phi) is 6.02. The van der Waals surface area contributed by atoms with Crippen LogP contribution in [0.15, 0.2) is 0 Å². The first-order valence-electron chi connectivity index (χ1n) is 3.20. The number of rotatable bonds is 5. The fraction of sp³-hybridized carbons (Fsp3) is 0.833. The Bertz CT molecular complexity index is 106. The van der Waals surface area contributed by atoms with E-state index in [-0.39, 0.29) is 0 Å². The molecule has 4 heteroatoms. The number of hydrogen-bond donors (Lipinski definition) is 3. The Morgan fingerprint density at radius 2 is 2.10 bits per heavy atom. The molecule has 0 aromatic heterocycles. The van der Waals surface area contributed by atoms with E-state index in [1.165, 1.54) is 0 Å². The van der Waals surface area contributed by atoms with Gasteiger partial charge in [-0.05, 0) is 18.6 Å². The maximum atomic E-state index is 10.2. The summed E-state index contributed by atoms with van der Waals surface area (Å²) < 4.78 is 0. The predicted octanol–water partition coefficient (Wildman–Crippen LogP) is 1.47. The van der Waals surface area contributed by atoms with Crippen LogP contribution in [-0.2, 0) is 4.79 Å². The topological polar surface area (TPSA) is 37.3 Å². The molecular formula is C6H12O2S2. The predicted molar refractivity (Wildman–Crippen MR) is 48.1 cm³/mol. The zero-order valence-electron chi connectivity index (χ0n) is 5.66. The molecule has 10 heavy (non-hydrogen) atoms. The summed E-state index contributed by atoms with van der Waals surface area (Å²) in [5.41, 5.74) is 0. The highest BCUT2D eigenvalue weighted by molar-refractivity contribution is 7.81. The molecule has 0 radical (unpaired) electrons. The van der Waals surface area contributed by atoms with Crippen LogP contribution in [0.25, 0.3) is 0 Å². The fourth-order valence-corrected chi connectivity index (χ4v) is 0.979. The summed E-state index contributed by atoms with van der Waals surface area (Å²) in [5, 5.41) is 7.89. The Hall–Kier alpha value is 0.170. The van der Waals surface area contributed by atoms with E-state index in [1.807, 2.05) is 0 Å². The van der Waals surface area contributed by atoms with Crippen molar-refractivity contribution >= 4 is 31.2 Å². The van der Waals surface area contributed by atoms with Gasteiger partial charge in [-0.25, -0.2) is 0 Å². The molecule has 1 atom stereocenters. The van der Waals surface area contributed by atoms with Crippen LogP contribution in [0.5, 0.6) is 0 Å². The van der Waals surface area contributed by atoms with Gasteiger partial charge in [0.15, 0.2) is 0 Å². The van der Waals surface area contributed by atoms with Crippen LogP contribution in [0.2, 0.25) is 0 Å². The molecule has 0 aliphatic heterocycles. The van der Waals surface area contributed by atoms with Crippen LogP contribution < -0.4 is 0 Å². The molecule has 0 heterocycles. The number of aliphatic carboxylic acids is 1. The van der Waals surface area contributed by atoms with E-state index in [1.54, 1.807) is 0 Å². The third kappa shape index (κ3) is 4.99. The summed E-state index contributed by atoms with van der Waals surface area (Å²) in [6.45, 7) is 0. The van der Waals surface area contributed by atoms with Gasteiger partial charge in [0.25, 0.3) is 0 Å². The van der Waals surface area contributed by atoms with Gasteiger partial charge in [-0.15, -0.1) is 0 Å². The normalized spacial score (nSPS) is 13.0. The lowest BCUT2D eigenvalue weighted by molar-refractivity contribution is -0.136.